The van der Waals surface area contributed by atoms with Gasteiger partial charge in [-0.1, -0.05) is 11.8 Å². The molecule has 0 aliphatic rings. The first-order valence-electron chi connectivity index (χ1n) is 5.90. The standard InChI is InChI=1S/C13H8F2N4OS/c14-7-1-2-9(15)8(3-7)10(20)4-21-13-11-12(17-5-16-11)18-6-19-13/h1-3,5-6H,4H2,(H,16,17,18,19). The molecule has 0 unspecified atom stereocenters. The number of nitrogens with zero attached hydrogens (tertiary/aromatic N) is 3. The minimum Gasteiger partial charge on any atom is -0.341 e. The second-order valence-electron chi connectivity index (χ2n) is 4.12. The Bertz CT molecular complexity index is 821. The lowest BCUT2D eigenvalue weighted by molar-refractivity contribution is 0.101. The summed E-state index contributed by atoms with van der Waals surface area (Å²) in [6, 6.07) is 2.80. The van der Waals surface area contributed by atoms with E-state index in [1.54, 1.807) is 0 Å². The fourth-order valence-corrected chi connectivity index (χ4v) is 2.61. The molecule has 0 saturated carbocycles. The van der Waals surface area contributed by atoms with Crippen molar-refractivity contribution in [3.63, 3.8) is 0 Å². The molecule has 3 aromatic rings. The summed E-state index contributed by atoms with van der Waals surface area (Å²) in [7, 11) is 0. The predicted octanol–water partition coefficient (Wildman–Crippen LogP) is 2.61. The Morgan fingerprint density at radius 1 is 1.24 bits per heavy atom. The van der Waals surface area contributed by atoms with Gasteiger partial charge in [0.25, 0.3) is 0 Å². The monoisotopic (exact) mass is 306 g/mol. The summed E-state index contributed by atoms with van der Waals surface area (Å²) < 4.78 is 26.6. The number of carbonyl (C=O) groups excluding carboxylic acids is 1. The van der Waals surface area contributed by atoms with E-state index >= 15 is 0 Å². The van der Waals surface area contributed by atoms with Crippen LogP contribution in [0.3, 0.4) is 0 Å². The Kier molecular flexibility index (Phi) is 3.61. The lowest BCUT2D eigenvalue weighted by Crippen LogP contribution is -2.06. The quantitative estimate of drug-likeness (QED) is 0.456. The third-order valence-corrected chi connectivity index (χ3v) is 3.75. The highest BCUT2D eigenvalue weighted by Gasteiger charge is 2.15. The number of carbonyl (C=O) groups is 1. The van der Waals surface area contributed by atoms with Crippen molar-refractivity contribution in [2.45, 2.75) is 5.03 Å². The van der Waals surface area contributed by atoms with Crippen LogP contribution in [0.5, 0.6) is 0 Å². The second kappa shape index (κ2) is 5.57. The van der Waals surface area contributed by atoms with Crippen LogP contribution in [-0.4, -0.2) is 31.5 Å². The summed E-state index contributed by atoms with van der Waals surface area (Å²) >= 11 is 1.11. The number of thioether (sulfide) groups is 1. The molecule has 8 heteroatoms. The molecule has 1 N–H and O–H groups in total. The molecule has 106 valence electrons. The summed E-state index contributed by atoms with van der Waals surface area (Å²) in [6.45, 7) is 0. The van der Waals surface area contributed by atoms with Crippen molar-refractivity contribution in [2.24, 2.45) is 0 Å². The molecule has 0 spiro atoms. The molecule has 0 saturated heterocycles. The number of benzene rings is 1. The third-order valence-electron chi connectivity index (χ3n) is 2.76. The summed E-state index contributed by atoms with van der Waals surface area (Å²) in [5, 5.41) is 0.530. The topological polar surface area (TPSA) is 71.5 Å². The van der Waals surface area contributed by atoms with Crippen LogP contribution in [-0.2, 0) is 0 Å². The normalized spacial score (nSPS) is 11.0. The number of aromatic amines is 1. The van der Waals surface area contributed by atoms with Crippen molar-refractivity contribution >= 4 is 28.7 Å². The van der Waals surface area contributed by atoms with E-state index in [4.69, 9.17) is 0 Å². The Morgan fingerprint density at radius 3 is 2.95 bits per heavy atom. The molecule has 0 radical (unpaired) electrons. The number of hydrogen-bond donors (Lipinski definition) is 1. The van der Waals surface area contributed by atoms with Gasteiger partial charge in [-0.3, -0.25) is 4.79 Å². The van der Waals surface area contributed by atoms with E-state index in [-0.39, 0.29) is 11.3 Å². The first-order chi connectivity index (χ1) is 10.1. The fourth-order valence-electron chi connectivity index (χ4n) is 1.78. The Hall–Kier alpha value is -2.35. The number of H-pyrrole nitrogens is 1. The molecule has 0 amide bonds. The molecule has 5 nitrogen and oxygen atoms in total. The molecule has 0 aliphatic carbocycles. The SMILES string of the molecule is O=C(CSc1ncnc2nc[nH]c12)c1cc(F)ccc1F. The summed E-state index contributed by atoms with van der Waals surface area (Å²) in [6.07, 6.45) is 2.80. The molecule has 0 fully saturated rings. The molecule has 21 heavy (non-hydrogen) atoms. The molecule has 0 bridgehead atoms. The lowest BCUT2D eigenvalue weighted by atomic mass is 10.1. The maximum absolute atomic E-state index is 13.5. The van der Waals surface area contributed by atoms with Gasteiger partial charge in [-0.2, -0.15) is 0 Å². The number of Topliss-reactive ketones (excluding diaryl/α,β-unsaturated/α-hetero) is 1. The highest BCUT2D eigenvalue weighted by Crippen LogP contribution is 2.23. The zero-order valence-corrected chi connectivity index (χ0v) is 11.3. The molecule has 1 aromatic carbocycles. The van der Waals surface area contributed by atoms with Crippen LogP contribution in [0.15, 0.2) is 35.9 Å². The van der Waals surface area contributed by atoms with E-state index in [9.17, 15) is 13.6 Å². The number of imidazole rings is 1. The fraction of sp³-hybridized carbons (Fsp3) is 0.0769. The molecule has 2 heterocycles. The lowest BCUT2D eigenvalue weighted by Gasteiger charge is -2.03. The Balaban J connectivity index is 1.80. The van der Waals surface area contributed by atoms with Crippen LogP contribution >= 0.6 is 11.8 Å². The zero-order valence-electron chi connectivity index (χ0n) is 10.5. The van der Waals surface area contributed by atoms with E-state index in [0.717, 1.165) is 30.0 Å². The molecule has 2 aromatic heterocycles. The highest BCUT2D eigenvalue weighted by molar-refractivity contribution is 8.00. The van der Waals surface area contributed by atoms with Crippen molar-refractivity contribution in [3.05, 3.63) is 48.1 Å². The van der Waals surface area contributed by atoms with Gasteiger partial charge in [-0.15, -0.1) is 0 Å². The highest BCUT2D eigenvalue weighted by atomic mass is 32.2. The number of ketones is 1. The molecule has 0 aliphatic heterocycles. The van der Waals surface area contributed by atoms with Gasteiger partial charge < -0.3 is 4.98 Å². The zero-order chi connectivity index (χ0) is 14.8. The van der Waals surface area contributed by atoms with E-state index in [0.29, 0.717) is 16.2 Å². The van der Waals surface area contributed by atoms with Crippen LogP contribution in [0, 0.1) is 11.6 Å². The maximum atomic E-state index is 13.5. The van der Waals surface area contributed by atoms with Crippen LogP contribution in [0.1, 0.15) is 10.4 Å². The van der Waals surface area contributed by atoms with Gasteiger partial charge in [0.1, 0.15) is 28.5 Å². The van der Waals surface area contributed by atoms with E-state index in [2.05, 4.69) is 19.9 Å². The molecular formula is C13H8F2N4OS. The molecule has 3 rings (SSSR count). The van der Waals surface area contributed by atoms with Crippen molar-refractivity contribution in [1.29, 1.82) is 0 Å². The van der Waals surface area contributed by atoms with Gasteiger partial charge >= 0.3 is 0 Å². The van der Waals surface area contributed by atoms with Gasteiger partial charge in [-0.25, -0.2) is 23.7 Å². The van der Waals surface area contributed by atoms with Crippen LogP contribution < -0.4 is 0 Å². The Labute approximate surface area is 121 Å². The third kappa shape index (κ3) is 2.75. The van der Waals surface area contributed by atoms with Gasteiger partial charge in [0.05, 0.1) is 17.6 Å². The molecule has 0 atom stereocenters. The van der Waals surface area contributed by atoms with Crippen molar-refractivity contribution in [3.8, 4) is 0 Å². The number of aromatic nitrogens is 4. The minimum atomic E-state index is -0.739. The summed E-state index contributed by atoms with van der Waals surface area (Å²) in [5.41, 5.74) is 0.823. The summed E-state index contributed by atoms with van der Waals surface area (Å²) in [4.78, 5) is 26.8. The minimum absolute atomic E-state index is 0.0640. The van der Waals surface area contributed by atoms with Gasteiger partial charge in [0.15, 0.2) is 11.4 Å². The number of halogens is 2. The average Bonchev–Trinajstić information content (AvgIpc) is 2.96. The Morgan fingerprint density at radius 2 is 2.10 bits per heavy atom. The van der Waals surface area contributed by atoms with Crippen molar-refractivity contribution in [1.82, 2.24) is 19.9 Å². The smallest absolute Gasteiger partial charge is 0.181 e. The second-order valence-corrected chi connectivity index (χ2v) is 5.08. The van der Waals surface area contributed by atoms with E-state index in [1.807, 2.05) is 0 Å². The van der Waals surface area contributed by atoms with Gasteiger partial charge in [0.2, 0.25) is 0 Å². The number of rotatable bonds is 4. The summed E-state index contributed by atoms with van der Waals surface area (Å²) in [5.74, 6) is -1.96. The average molecular weight is 306 g/mol. The van der Waals surface area contributed by atoms with Gasteiger partial charge in [0, 0.05) is 0 Å². The van der Waals surface area contributed by atoms with Crippen LogP contribution in [0.25, 0.3) is 11.2 Å². The number of hydrogen-bond acceptors (Lipinski definition) is 5. The predicted molar refractivity (Wildman–Crippen MR) is 73.1 cm³/mol. The van der Waals surface area contributed by atoms with Gasteiger partial charge in [-0.05, 0) is 18.2 Å². The van der Waals surface area contributed by atoms with Crippen molar-refractivity contribution in [2.75, 3.05) is 5.75 Å². The maximum Gasteiger partial charge on any atom is 0.181 e. The first-order valence-corrected chi connectivity index (χ1v) is 6.89. The number of fused-ring (bicyclic) bond motifs is 1. The molecular weight excluding hydrogens is 298 g/mol. The number of nitrogens with one attached hydrogen (secondary N) is 1. The first kappa shape index (κ1) is 13.6. The van der Waals surface area contributed by atoms with Crippen LogP contribution in [0.4, 0.5) is 8.78 Å². The van der Waals surface area contributed by atoms with Crippen molar-refractivity contribution < 1.29 is 13.6 Å². The van der Waals surface area contributed by atoms with Crippen LogP contribution in [0.2, 0.25) is 0 Å². The van der Waals surface area contributed by atoms with E-state index in [1.165, 1.54) is 12.7 Å². The van der Waals surface area contributed by atoms with E-state index < -0.39 is 17.4 Å². The largest absolute Gasteiger partial charge is 0.341 e.